The number of rotatable bonds is 8. The molecule has 2 aromatic carbocycles. The van der Waals surface area contributed by atoms with Crippen LogP contribution in [0, 0.1) is 0 Å². The number of amides is 4. The fourth-order valence-corrected chi connectivity index (χ4v) is 3.03. The molecule has 0 aliphatic carbocycles. The second-order valence-electron chi connectivity index (χ2n) is 7.47. The van der Waals surface area contributed by atoms with Crippen molar-refractivity contribution in [2.45, 2.75) is 25.9 Å². The van der Waals surface area contributed by atoms with Gasteiger partial charge in [-0.3, -0.25) is 14.2 Å². The predicted octanol–water partition coefficient (Wildman–Crippen LogP) is 2.12. The molecule has 182 valence electrons. The van der Waals surface area contributed by atoms with Gasteiger partial charge >= 0.3 is 12.2 Å². The van der Waals surface area contributed by atoms with Crippen LogP contribution in [-0.4, -0.2) is 61.1 Å². The van der Waals surface area contributed by atoms with E-state index in [1.165, 1.54) is 20.2 Å². The van der Waals surface area contributed by atoms with E-state index < -0.39 is 36.1 Å². The number of nitrogens with zero attached hydrogens (tertiary/aromatic N) is 3. The highest BCUT2D eigenvalue weighted by molar-refractivity contribution is 5.97. The van der Waals surface area contributed by atoms with Gasteiger partial charge in [0.05, 0.1) is 0 Å². The van der Waals surface area contributed by atoms with Crippen LogP contribution >= 0.6 is 0 Å². The summed E-state index contributed by atoms with van der Waals surface area (Å²) in [5, 5.41) is 35.0. The van der Waals surface area contributed by atoms with Gasteiger partial charge < -0.3 is 31.5 Å². The fraction of sp³-hybridized carbons (Fsp3) is 0.182. The zero-order chi connectivity index (χ0) is 25.5. The van der Waals surface area contributed by atoms with Crippen LogP contribution in [-0.2, 0) is 9.59 Å². The van der Waals surface area contributed by atoms with Gasteiger partial charge in [-0.2, -0.15) is 0 Å². The van der Waals surface area contributed by atoms with Crippen molar-refractivity contribution in [1.82, 2.24) is 25.4 Å². The van der Waals surface area contributed by atoms with E-state index in [0.29, 0.717) is 28.5 Å². The van der Waals surface area contributed by atoms with Crippen molar-refractivity contribution in [2.24, 2.45) is 0 Å². The van der Waals surface area contributed by atoms with E-state index in [-0.39, 0.29) is 0 Å². The number of benzene rings is 2. The quantitative estimate of drug-likeness (QED) is 0.282. The molecule has 0 radical (unpaired) electrons. The summed E-state index contributed by atoms with van der Waals surface area (Å²) in [6, 6.07) is 11.8. The Morgan fingerprint density at radius 2 is 1.23 bits per heavy atom. The van der Waals surface area contributed by atoms with Gasteiger partial charge in [0.1, 0.15) is 18.4 Å². The Balaban J connectivity index is 1.69. The monoisotopic (exact) mass is 481 g/mol. The Labute approximate surface area is 199 Å². The molecule has 0 aliphatic heterocycles. The first-order valence-electron chi connectivity index (χ1n) is 10.4. The van der Waals surface area contributed by atoms with Gasteiger partial charge in [0, 0.05) is 22.6 Å². The highest BCUT2D eigenvalue weighted by Crippen LogP contribution is 2.23. The Hall–Kier alpha value is -4.94. The second-order valence-corrected chi connectivity index (χ2v) is 7.47. The van der Waals surface area contributed by atoms with Crippen molar-refractivity contribution < 1.29 is 29.4 Å². The SMILES string of the molecule is C[C@H](NC(=O)O)C(=O)Nc1ccc(-c2nncn2-c2ccc(NC(=O)[C@H](C)NC(=O)O)cc2)cc1. The second kappa shape index (κ2) is 10.8. The van der Waals surface area contributed by atoms with Crippen LogP contribution in [0.5, 0.6) is 0 Å². The number of carbonyl (C=O) groups excluding carboxylic acids is 2. The molecule has 13 heteroatoms. The van der Waals surface area contributed by atoms with Crippen molar-refractivity contribution >= 4 is 35.4 Å². The van der Waals surface area contributed by atoms with Crippen LogP contribution in [0.15, 0.2) is 54.9 Å². The molecule has 0 aliphatic rings. The molecule has 4 amide bonds. The molecular weight excluding hydrogens is 458 g/mol. The minimum absolute atomic E-state index is 0.482. The number of aromatic nitrogens is 3. The van der Waals surface area contributed by atoms with E-state index in [1.807, 2.05) is 0 Å². The van der Waals surface area contributed by atoms with Gasteiger partial charge in [-0.05, 0) is 62.4 Å². The molecule has 0 unspecified atom stereocenters. The Kier molecular flexibility index (Phi) is 7.61. The van der Waals surface area contributed by atoms with Gasteiger partial charge in [-0.1, -0.05) is 0 Å². The normalized spacial score (nSPS) is 12.2. The standard InChI is InChI=1S/C22H23N7O6/c1-12(24-21(32)33)19(30)26-15-5-3-14(4-6-15)18-28-23-11-29(18)17-9-7-16(8-10-17)27-20(31)13(2)25-22(34)35/h3-13,24-25H,1-2H3,(H,26,30)(H,27,31)(H,32,33)(H,34,35)/t12-,13-/m0/s1. The van der Waals surface area contributed by atoms with E-state index in [1.54, 1.807) is 53.1 Å². The smallest absolute Gasteiger partial charge is 0.405 e. The topological polar surface area (TPSA) is 188 Å². The van der Waals surface area contributed by atoms with Gasteiger partial charge in [0.25, 0.3) is 0 Å². The molecule has 35 heavy (non-hydrogen) atoms. The number of nitrogens with one attached hydrogen (secondary N) is 4. The minimum Gasteiger partial charge on any atom is -0.465 e. The minimum atomic E-state index is -1.29. The molecule has 0 saturated heterocycles. The van der Waals surface area contributed by atoms with Gasteiger partial charge in [0.15, 0.2) is 5.82 Å². The van der Waals surface area contributed by atoms with E-state index in [0.717, 1.165) is 0 Å². The van der Waals surface area contributed by atoms with Crippen LogP contribution < -0.4 is 21.3 Å². The fourth-order valence-electron chi connectivity index (χ4n) is 3.03. The van der Waals surface area contributed by atoms with E-state index in [2.05, 4.69) is 31.5 Å². The highest BCUT2D eigenvalue weighted by Gasteiger charge is 2.17. The molecule has 0 spiro atoms. The summed E-state index contributed by atoms with van der Waals surface area (Å²) in [6.07, 6.45) is -1.05. The molecule has 0 bridgehead atoms. The van der Waals surface area contributed by atoms with Gasteiger partial charge in [-0.15, -0.1) is 10.2 Å². The molecule has 1 aromatic heterocycles. The lowest BCUT2D eigenvalue weighted by atomic mass is 10.1. The molecular formula is C22H23N7O6. The average molecular weight is 481 g/mol. The average Bonchev–Trinajstić information content (AvgIpc) is 3.29. The summed E-state index contributed by atoms with van der Waals surface area (Å²) < 4.78 is 1.73. The predicted molar refractivity (Wildman–Crippen MR) is 125 cm³/mol. The van der Waals surface area contributed by atoms with Crippen LogP contribution in [0.25, 0.3) is 17.1 Å². The van der Waals surface area contributed by atoms with E-state index in [9.17, 15) is 19.2 Å². The zero-order valence-corrected chi connectivity index (χ0v) is 18.7. The molecule has 0 saturated carbocycles. The molecule has 13 nitrogen and oxygen atoms in total. The summed E-state index contributed by atoms with van der Waals surface area (Å²) in [4.78, 5) is 45.5. The van der Waals surface area contributed by atoms with Crippen molar-refractivity contribution in [3.05, 3.63) is 54.9 Å². The van der Waals surface area contributed by atoms with Crippen molar-refractivity contribution in [3.63, 3.8) is 0 Å². The van der Waals surface area contributed by atoms with Gasteiger partial charge in [-0.25, -0.2) is 9.59 Å². The number of carbonyl (C=O) groups is 4. The molecule has 2 atom stereocenters. The summed E-state index contributed by atoms with van der Waals surface area (Å²) in [5.74, 6) is -0.464. The maximum Gasteiger partial charge on any atom is 0.405 e. The maximum absolute atomic E-state index is 12.1. The Morgan fingerprint density at radius 1 is 0.771 bits per heavy atom. The Bertz CT molecular complexity index is 1130. The molecule has 1 heterocycles. The molecule has 3 rings (SSSR count). The lowest BCUT2D eigenvalue weighted by Crippen LogP contribution is -2.40. The van der Waals surface area contributed by atoms with Crippen molar-refractivity contribution in [2.75, 3.05) is 10.6 Å². The number of hydrogen-bond donors (Lipinski definition) is 6. The van der Waals surface area contributed by atoms with Crippen molar-refractivity contribution in [3.8, 4) is 17.1 Å². The van der Waals surface area contributed by atoms with Crippen LogP contribution in [0.1, 0.15) is 13.8 Å². The largest absolute Gasteiger partial charge is 0.465 e. The van der Waals surface area contributed by atoms with Crippen LogP contribution in [0.4, 0.5) is 21.0 Å². The molecule has 3 aromatic rings. The lowest BCUT2D eigenvalue weighted by molar-refractivity contribution is -0.118. The number of anilines is 2. The summed E-state index contributed by atoms with van der Waals surface area (Å²) in [7, 11) is 0. The first kappa shape index (κ1) is 24.7. The molecule has 6 N–H and O–H groups in total. The molecule has 0 fully saturated rings. The van der Waals surface area contributed by atoms with E-state index in [4.69, 9.17) is 10.2 Å². The summed E-state index contributed by atoms with van der Waals surface area (Å²) in [5.41, 5.74) is 2.39. The highest BCUT2D eigenvalue weighted by atomic mass is 16.4. The summed E-state index contributed by atoms with van der Waals surface area (Å²) in [6.45, 7) is 2.87. The zero-order valence-electron chi connectivity index (χ0n) is 18.7. The first-order chi connectivity index (χ1) is 16.6. The third-order valence-corrected chi connectivity index (χ3v) is 4.84. The third kappa shape index (κ3) is 6.54. The van der Waals surface area contributed by atoms with Crippen LogP contribution in [0.2, 0.25) is 0 Å². The number of hydrogen-bond acceptors (Lipinski definition) is 6. The lowest BCUT2D eigenvalue weighted by Gasteiger charge is -2.13. The number of carboxylic acid groups (broad SMARTS) is 2. The van der Waals surface area contributed by atoms with Crippen molar-refractivity contribution in [1.29, 1.82) is 0 Å². The maximum atomic E-state index is 12.1. The third-order valence-electron chi connectivity index (χ3n) is 4.84. The van der Waals surface area contributed by atoms with Crippen LogP contribution in [0.3, 0.4) is 0 Å². The van der Waals surface area contributed by atoms with E-state index >= 15 is 0 Å². The first-order valence-corrected chi connectivity index (χ1v) is 10.4. The van der Waals surface area contributed by atoms with Gasteiger partial charge in [0.2, 0.25) is 11.8 Å². The Morgan fingerprint density at radius 3 is 1.69 bits per heavy atom. The summed E-state index contributed by atoms with van der Waals surface area (Å²) >= 11 is 0.